The molecule has 0 spiro atoms. The predicted octanol–water partition coefficient (Wildman–Crippen LogP) is 2.83. The molecule has 0 radical (unpaired) electrons. The van der Waals surface area contributed by atoms with E-state index in [1.165, 1.54) is 7.11 Å². The summed E-state index contributed by atoms with van der Waals surface area (Å²) >= 11 is 0. The summed E-state index contributed by atoms with van der Waals surface area (Å²) in [4.78, 5) is 14.2. The van der Waals surface area contributed by atoms with E-state index in [-0.39, 0.29) is 5.91 Å². The number of hydrogen-bond donors (Lipinski definition) is 0. The van der Waals surface area contributed by atoms with Crippen molar-refractivity contribution in [2.45, 2.75) is 32.5 Å². The van der Waals surface area contributed by atoms with Crippen LogP contribution in [-0.4, -0.2) is 23.5 Å². The monoisotopic (exact) mass is 277 g/mol. The highest BCUT2D eigenvalue weighted by Crippen LogP contribution is 2.18. The molecule has 20 heavy (non-hydrogen) atoms. The number of ether oxygens (including phenoxy) is 1. The van der Waals surface area contributed by atoms with E-state index in [0.29, 0.717) is 13.1 Å². The molecule has 0 aliphatic carbocycles. The Kier molecular flexibility index (Phi) is 4.29. The molecular weight excluding hydrogens is 258 g/mol. The van der Waals surface area contributed by atoms with E-state index in [0.717, 1.165) is 11.5 Å². The smallest absolute Gasteiger partial charge is 0.255 e. The molecule has 0 aliphatic rings. The van der Waals surface area contributed by atoms with Crippen LogP contribution in [0.4, 0.5) is 0 Å². The maximum absolute atomic E-state index is 12.6. The van der Waals surface area contributed by atoms with Crippen LogP contribution in [0.2, 0.25) is 0 Å². The molecule has 0 N–H and O–H groups in total. The van der Waals surface area contributed by atoms with Gasteiger partial charge in [-0.05, 0) is 38.1 Å². The van der Waals surface area contributed by atoms with Gasteiger partial charge in [0.2, 0.25) is 0 Å². The Morgan fingerprint density at radius 1 is 1.15 bits per heavy atom. The fraction of sp³-hybridized carbons (Fsp3) is 0.400. The summed E-state index contributed by atoms with van der Waals surface area (Å²) < 4.78 is 15.9. The topological polar surface area (TPSA) is 55.8 Å². The number of hydrogen-bond acceptors (Lipinski definition) is 4. The minimum Gasteiger partial charge on any atom is -0.467 e. The van der Waals surface area contributed by atoms with E-state index in [1.807, 2.05) is 12.1 Å². The summed E-state index contributed by atoms with van der Waals surface area (Å²) in [6.07, 6.45) is 3.18. The normalized spacial score (nSPS) is 11.6. The van der Waals surface area contributed by atoms with Crippen molar-refractivity contribution >= 4 is 5.91 Å². The molecule has 108 valence electrons. The first-order chi connectivity index (χ1) is 9.53. The third-order valence-corrected chi connectivity index (χ3v) is 3.17. The standard InChI is InChI=1S/C15H19NO4/c1-15(2,18-3)14(17)16(10-12-6-4-8-19-12)11-13-7-5-9-20-13/h4-9H,10-11H2,1-3H3. The Morgan fingerprint density at radius 2 is 1.65 bits per heavy atom. The van der Waals surface area contributed by atoms with Crippen molar-refractivity contribution in [2.24, 2.45) is 0 Å². The number of carbonyl (C=O) groups excluding carboxylic acids is 1. The molecule has 0 aromatic carbocycles. The molecule has 0 saturated heterocycles. The van der Waals surface area contributed by atoms with Crippen LogP contribution in [0, 0.1) is 0 Å². The predicted molar refractivity (Wildman–Crippen MR) is 72.8 cm³/mol. The Morgan fingerprint density at radius 3 is 2.00 bits per heavy atom. The van der Waals surface area contributed by atoms with Crippen molar-refractivity contribution in [1.82, 2.24) is 4.90 Å². The molecule has 5 heteroatoms. The van der Waals surface area contributed by atoms with Crippen molar-refractivity contribution in [3.05, 3.63) is 48.3 Å². The third kappa shape index (κ3) is 3.30. The summed E-state index contributed by atoms with van der Waals surface area (Å²) in [6, 6.07) is 7.27. The second-order valence-corrected chi connectivity index (χ2v) is 5.03. The maximum Gasteiger partial charge on any atom is 0.255 e. The van der Waals surface area contributed by atoms with E-state index in [9.17, 15) is 4.79 Å². The molecule has 2 aromatic heterocycles. The minimum atomic E-state index is -0.890. The van der Waals surface area contributed by atoms with Crippen molar-refractivity contribution < 1.29 is 18.4 Å². The number of carbonyl (C=O) groups is 1. The quantitative estimate of drug-likeness (QED) is 0.814. The summed E-state index contributed by atoms with van der Waals surface area (Å²) in [6.45, 7) is 4.23. The molecule has 2 aromatic rings. The summed E-state index contributed by atoms with van der Waals surface area (Å²) in [5, 5.41) is 0. The second-order valence-electron chi connectivity index (χ2n) is 5.03. The van der Waals surface area contributed by atoms with Crippen LogP contribution >= 0.6 is 0 Å². The Labute approximate surface area is 118 Å². The van der Waals surface area contributed by atoms with Crippen LogP contribution in [-0.2, 0) is 22.6 Å². The molecule has 1 amide bonds. The molecular formula is C15H19NO4. The van der Waals surface area contributed by atoms with Gasteiger partial charge in [-0.25, -0.2) is 0 Å². The van der Waals surface area contributed by atoms with Gasteiger partial charge in [-0.2, -0.15) is 0 Å². The first-order valence-corrected chi connectivity index (χ1v) is 6.42. The van der Waals surface area contributed by atoms with E-state index in [1.54, 1.807) is 43.4 Å². The first kappa shape index (κ1) is 14.4. The van der Waals surface area contributed by atoms with Gasteiger partial charge < -0.3 is 18.5 Å². The fourth-order valence-corrected chi connectivity index (χ4v) is 1.85. The Bertz CT molecular complexity index is 492. The van der Waals surface area contributed by atoms with Crippen LogP contribution in [0.3, 0.4) is 0 Å². The van der Waals surface area contributed by atoms with Crippen LogP contribution in [0.5, 0.6) is 0 Å². The molecule has 0 fully saturated rings. The average Bonchev–Trinajstić information content (AvgIpc) is 3.10. The van der Waals surface area contributed by atoms with Crippen LogP contribution in [0.15, 0.2) is 45.6 Å². The first-order valence-electron chi connectivity index (χ1n) is 6.42. The lowest BCUT2D eigenvalue weighted by molar-refractivity contribution is -0.152. The lowest BCUT2D eigenvalue weighted by atomic mass is 10.1. The second kappa shape index (κ2) is 5.96. The SMILES string of the molecule is COC(C)(C)C(=O)N(Cc1ccco1)Cc1ccco1. The highest BCUT2D eigenvalue weighted by molar-refractivity contribution is 5.84. The van der Waals surface area contributed by atoms with Gasteiger partial charge in [0, 0.05) is 7.11 Å². The van der Waals surface area contributed by atoms with Crippen LogP contribution in [0.25, 0.3) is 0 Å². The van der Waals surface area contributed by atoms with Gasteiger partial charge in [0.1, 0.15) is 17.1 Å². The summed E-state index contributed by atoms with van der Waals surface area (Å²) in [5.74, 6) is 1.32. The van der Waals surface area contributed by atoms with E-state index in [4.69, 9.17) is 13.6 Å². The number of amides is 1. The van der Waals surface area contributed by atoms with E-state index in [2.05, 4.69) is 0 Å². The Hall–Kier alpha value is -2.01. The number of methoxy groups -OCH3 is 1. The third-order valence-electron chi connectivity index (χ3n) is 3.17. The summed E-state index contributed by atoms with van der Waals surface area (Å²) in [7, 11) is 1.52. The average molecular weight is 277 g/mol. The van der Waals surface area contributed by atoms with Crippen molar-refractivity contribution in [1.29, 1.82) is 0 Å². The highest BCUT2D eigenvalue weighted by atomic mass is 16.5. The molecule has 0 saturated carbocycles. The molecule has 2 heterocycles. The van der Waals surface area contributed by atoms with Crippen molar-refractivity contribution in [3.63, 3.8) is 0 Å². The van der Waals surface area contributed by atoms with Gasteiger partial charge in [0.05, 0.1) is 25.6 Å². The molecule has 0 aliphatic heterocycles. The fourth-order valence-electron chi connectivity index (χ4n) is 1.85. The lowest BCUT2D eigenvalue weighted by Gasteiger charge is -2.29. The molecule has 0 atom stereocenters. The van der Waals surface area contributed by atoms with E-state index < -0.39 is 5.60 Å². The van der Waals surface area contributed by atoms with Gasteiger partial charge in [-0.1, -0.05) is 0 Å². The van der Waals surface area contributed by atoms with Gasteiger partial charge >= 0.3 is 0 Å². The van der Waals surface area contributed by atoms with E-state index >= 15 is 0 Å². The van der Waals surface area contributed by atoms with Crippen LogP contribution < -0.4 is 0 Å². The zero-order valence-electron chi connectivity index (χ0n) is 12.0. The minimum absolute atomic E-state index is 0.118. The Balaban J connectivity index is 2.17. The maximum atomic E-state index is 12.6. The van der Waals surface area contributed by atoms with Crippen molar-refractivity contribution in [2.75, 3.05) is 7.11 Å². The van der Waals surface area contributed by atoms with Gasteiger partial charge in [-0.3, -0.25) is 4.79 Å². The zero-order valence-corrected chi connectivity index (χ0v) is 12.0. The molecule has 0 unspecified atom stereocenters. The van der Waals surface area contributed by atoms with Gasteiger partial charge in [0.25, 0.3) is 5.91 Å². The lowest BCUT2D eigenvalue weighted by Crippen LogP contribution is -2.45. The summed E-state index contributed by atoms with van der Waals surface area (Å²) in [5.41, 5.74) is -0.890. The number of rotatable bonds is 6. The molecule has 2 rings (SSSR count). The van der Waals surface area contributed by atoms with Crippen LogP contribution in [0.1, 0.15) is 25.4 Å². The number of nitrogens with zero attached hydrogens (tertiary/aromatic N) is 1. The number of furan rings is 2. The van der Waals surface area contributed by atoms with Crippen molar-refractivity contribution in [3.8, 4) is 0 Å². The largest absolute Gasteiger partial charge is 0.467 e. The highest BCUT2D eigenvalue weighted by Gasteiger charge is 2.32. The molecule has 0 bridgehead atoms. The zero-order chi connectivity index (χ0) is 14.6. The van der Waals surface area contributed by atoms with Gasteiger partial charge in [0.15, 0.2) is 0 Å². The molecule has 5 nitrogen and oxygen atoms in total. The van der Waals surface area contributed by atoms with Gasteiger partial charge in [-0.15, -0.1) is 0 Å².